The van der Waals surface area contributed by atoms with Crippen molar-refractivity contribution in [1.29, 1.82) is 0 Å². The SMILES string of the molecule is CSCC[C@@H](O)C(=O)N1CCC(Oc2ccc(C)cc2)CC1. The predicted molar refractivity (Wildman–Crippen MR) is 90.4 cm³/mol. The van der Waals surface area contributed by atoms with E-state index in [1.165, 1.54) is 5.56 Å². The first kappa shape index (κ1) is 17.2. The number of ether oxygens (including phenoxy) is 1. The van der Waals surface area contributed by atoms with Crippen molar-refractivity contribution in [3.63, 3.8) is 0 Å². The zero-order valence-corrected chi connectivity index (χ0v) is 14.1. The van der Waals surface area contributed by atoms with Gasteiger partial charge in [0.25, 0.3) is 5.91 Å². The fraction of sp³-hybridized carbons (Fsp3) is 0.588. The number of carbonyl (C=O) groups is 1. The summed E-state index contributed by atoms with van der Waals surface area (Å²) in [6, 6.07) is 8.05. The van der Waals surface area contributed by atoms with E-state index in [0.717, 1.165) is 24.3 Å². The molecule has 0 spiro atoms. The average molecular weight is 323 g/mol. The summed E-state index contributed by atoms with van der Waals surface area (Å²) in [5.41, 5.74) is 1.21. The number of piperidine rings is 1. The number of hydrogen-bond acceptors (Lipinski definition) is 4. The molecule has 4 nitrogen and oxygen atoms in total. The second-order valence-corrected chi connectivity index (χ2v) is 6.74. The number of rotatable bonds is 6. The van der Waals surface area contributed by atoms with Crippen LogP contribution in [0.15, 0.2) is 24.3 Å². The van der Waals surface area contributed by atoms with Gasteiger partial charge in [0.05, 0.1) is 0 Å². The Hall–Kier alpha value is -1.20. The molecule has 1 aliphatic heterocycles. The first-order chi connectivity index (χ1) is 10.6. The van der Waals surface area contributed by atoms with Gasteiger partial charge in [-0.15, -0.1) is 0 Å². The van der Waals surface area contributed by atoms with Gasteiger partial charge in [0.2, 0.25) is 0 Å². The van der Waals surface area contributed by atoms with Crippen LogP contribution in [0, 0.1) is 6.92 Å². The standard InChI is InChI=1S/C17H25NO3S/c1-13-3-5-14(6-4-13)21-15-7-10-18(11-8-15)17(20)16(19)9-12-22-2/h3-6,15-16,19H,7-12H2,1-2H3/t16-/m1/s1. The van der Waals surface area contributed by atoms with Crippen molar-refractivity contribution >= 4 is 17.7 Å². The quantitative estimate of drug-likeness (QED) is 0.874. The van der Waals surface area contributed by atoms with E-state index in [0.29, 0.717) is 19.5 Å². The summed E-state index contributed by atoms with van der Waals surface area (Å²) in [6.07, 6.45) is 3.42. The second-order valence-electron chi connectivity index (χ2n) is 5.75. The average Bonchev–Trinajstić information content (AvgIpc) is 2.55. The highest BCUT2D eigenvalue weighted by molar-refractivity contribution is 7.98. The van der Waals surface area contributed by atoms with E-state index in [1.807, 2.05) is 30.5 Å². The maximum atomic E-state index is 12.1. The van der Waals surface area contributed by atoms with Crippen molar-refractivity contribution in [3.8, 4) is 5.75 Å². The molecule has 2 rings (SSSR count). The van der Waals surface area contributed by atoms with Crippen LogP contribution in [-0.4, -0.2) is 53.2 Å². The Bertz CT molecular complexity index is 469. The molecule has 1 aromatic rings. The summed E-state index contributed by atoms with van der Waals surface area (Å²) in [7, 11) is 0. The van der Waals surface area contributed by atoms with Crippen LogP contribution in [0.2, 0.25) is 0 Å². The molecule has 0 unspecified atom stereocenters. The third kappa shape index (κ3) is 4.92. The third-order valence-electron chi connectivity index (χ3n) is 3.96. The van der Waals surface area contributed by atoms with Gasteiger partial charge in [-0.1, -0.05) is 17.7 Å². The normalized spacial score (nSPS) is 17.3. The molecule has 1 amide bonds. The fourth-order valence-electron chi connectivity index (χ4n) is 2.57. The van der Waals surface area contributed by atoms with E-state index in [-0.39, 0.29) is 12.0 Å². The minimum Gasteiger partial charge on any atom is -0.490 e. The van der Waals surface area contributed by atoms with E-state index >= 15 is 0 Å². The molecular weight excluding hydrogens is 298 g/mol. The van der Waals surface area contributed by atoms with Crippen LogP contribution < -0.4 is 4.74 Å². The van der Waals surface area contributed by atoms with Crippen LogP contribution in [0.25, 0.3) is 0 Å². The van der Waals surface area contributed by atoms with Crippen LogP contribution >= 0.6 is 11.8 Å². The third-order valence-corrected chi connectivity index (χ3v) is 4.60. The van der Waals surface area contributed by atoms with E-state index in [2.05, 4.69) is 6.92 Å². The lowest BCUT2D eigenvalue weighted by molar-refractivity contribution is -0.142. The van der Waals surface area contributed by atoms with E-state index in [1.54, 1.807) is 16.7 Å². The lowest BCUT2D eigenvalue weighted by Crippen LogP contribution is -2.46. The second kappa shape index (κ2) is 8.44. The van der Waals surface area contributed by atoms with Gasteiger partial charge in [-0.3, -0.25) is 4.79 Å². The van der Waals surface area contributed by atoms with E-state index in [4.69, 9.17) is 4.74 Å². The molecule has 1 aromatic carbocycles. The van der Waals surface area contributed by atoms with Crippen LogP contribution in [-0.2, 0) is 4.79 Å². The molecule has 1 heterocycles. The van der Waals surface area contributed by atoms with Crippen LogP contribution in [0.4, 0.5) is 0 Å². The van der Waals surface area contributed by atoms with Crippen LogP contribution in [0.3, 0.4) is 0 Å². The molecule has 22 heavy (non-hydrogen) atoms. The summed E-state index contributed by atoms with van der Waals surface area (Å²) >= 11 is 1.65. The molecule has 0 radical (unpaired) electrons. The summed E-state index contributed by atoms with van der Waals surface area (Å²) in [6.45, 7) is 3.37. The van der Waals surface area contributed by atoms with Crippen molar-refractivity contribution in [2.75, 3.05) is 25.1 Å². The molecule has 0 saturated carbocycles. The number of hydrogen-bond donors (Lipinski definition) is 1. The topological polar surface area (TPSA) is 49.8 Å². The summed E-state index contributed by atoms with van der Waals surface area (Å²) < 4.78 is 5.96. The molecule has 1 atom stereocenters. The number of likely N-dealkylation sites (tertiary alicyclic amines) is 1. The van der Waals surface area contributed by atoms with Gasteiger partial charge in [-0.05, 0) is 37.5 Å². The number of nitrogens with zero attached hydrogens (tertiary/aromatic N) is 1. The summed E-state index contributed by atoms with van der Waals surface area (Å²) in [4.78, 5) is 13.9. The number of aryl methyl sites for hydroxylation is 1. The van der Waals surface area contributed by atoms with Gasteiger partial charge < -0.3 is 14.7 Å². The van der Waals surface area contributed by atoms with E-state index in [9.17, 15) is 9.90 Å². The van der Waals surface area contributed by atoms with Gasteiger partial charge in [-0.2, -0.15) is 11.8 Å². The lowest BCUT2D eigenvalue weighted by atomic mass is 10.1. The van der Waals surface area contributed by atoms with Gasteiger partial charge in [0, 0.05) is 25.9 Å². The monoisotopic (exact) mass is 323 g/mol. The van der Waals surface area contributed by atoms with Crippen molar-refractivity contribution < 1.29 is 14.6 Å². The largest absolute Gasteiger partial charge is 0.490 e. The molecule has 122 valence electrons. The Balaban J connectivity index is 1.77. The van der Waals surface area contributed by atoms with Crippen LogP contribution in [0.1, 0.15) is 24.8 Å². The number of carbonyl (C=O) groups excluding carboxylic acids is 1. The molecule has 5 heteroatoms. The Labute approximate surface area is 136 Å². The van der Waals surface area contributed by atoms with Crippen LogP contribution in [0.5, 0.6) is 5.75 Å². The van der Waals surface area contributed by atoms with Crippen molar-refractivity contribution in [2.45, 2.75) is 38.4 Å². The van der Waals surface area contributed by atoms with Gasteiger partial charge in [0.1, 0.15) is 18.0 Å². The fourth-order valence-corrected chi connectivity index (χ4v) is 3.03. The van der Waals surface area contributed by atoms with Gasteiger partial charge in [-0.25, -0.2) is 0 Å². The Morgan fingerprint density at radius 1 is 1.36 bits per heavy atom. The summed E-state index contributed by atoms with van der Waals surface area (Å²) in [5.74, 6) is 1.55. The molecule has 1 fully saturated rings. The van der Waals surface area contributed by atoms with Crippen molar-refractivity contribution in [2.24, 2.45) is 0 Å². The Kier molecular flexibility index (Phi) is 6.58. The number of thioether (sulfide) groups is 1. The van der Waals surface area contributed by atoms with Crippen molar-refractivity contribution in [3.05, 3.63) is 29.8 Å². The minimum atomic E-state index is -0.859. The number of aliphatic hydroxyl groups is 1. The maximum absolute atomic E-state index is 12.1. The first-order valence-electron chi connectivity index (χ1n) is 7.79. The molecule has 1 aliphatic rings. The molecule has 0 aliphatic carbocycles. The zero-order chi connectivity index (χ0) is 15.9. The minimum absolute atomic E-state index is 0.136. The molecule has 0 bridgehead atoms. The highest BCUT2D eigenvalue weighted by Gasteiger charge is 2.27. The predicted octanol–water partition coefficient (Wildman–Crippen LogP) is 2.48. The highest BCUT2D eigenvalue weighted by atomic mass is 32.2. The Morgan fingerprint density at radius 2 is 2.00 bits per heavy atom. The smallest absolute Gasteiger partial charge is 0.251 e. The number of benzene rings is 1. The first-order valence-corrected chi connectivity index (χ1v) is 9.18. The van der Waals surface area contributed by atoms with Gasteiger partial charge in [0.15, 0.2) is 0 Å². The molecule has 1 N–H and O–H groups in total. The number of aliphatic hydroxyl groups excluding tert-OH is 1. The number of amides is 1. The molecule has 1 saturated heterocycles. The molecule has 0 aromatic heterocycles. The Morgan fingerprint density at radius 3 is 2.59 bits per heavy atom. The summed E-state index contributed by atoms with van der Waals surface area (Å²) in [5, 5.41) is 9.89. The maximum Gasteiger partial charge on any atom is 0.251 e. The van der Waals surface area contributed by atoms with E-state index < -0.39 is 6.10 Å². The molecular formula is C17H25NO3S. The zero-order valence-electron chi connectivity index (χ0n) is 13.3. The highest BCUT2D eigenvalue weighted by Crippen LogP contribution is 2.20. The van der Waals surface area contributed by atoms with Gasteiger partial charge >= 0.3 is 0 Å². The lowest BCUT2D eigenvalue weighted by Gasteiger charge is -2.33. The van der Waals surface area contributed by atoms with Crippen molar-refractivity contribution in [1.82, 2.24) is 4.90 Å².